The fourth-order valence-electron chi connectivity index (χ4n) is 4.14. The lowest BCUT2D eigenvalue weighted by atomic mass is 9.98. The number of likely N-dealkylation sites (tertiary alicyclic amines) is 1. The van der Waals surface area contributed by atoms with Crippen LogP contribution in [0.3, 0.4) is 0 Å². The number of nitrogens with zero attached hydrogens (tertiary/aromatic N) is 1. The van der Waals surface area contributed by atoms with Crippen molar-refractivity contribution in [2.75, 3.05) is 13.1 Å². The number of hydrogen-bond donors (Lipinski definition) is 5. The zero-order valence-corrected chi connectivity index (χ0v) is 18.6. The predicted molar refractivity (Wildman–Crippen MR) is 114 cm³/mol. The molecular weight excluding hydrogens is 420 g/mol. The number of carbonyl (C=O) groups is 5. The van der Waals surface area contributed by atoms with Crippen LogP contribution < -0.4 is 16.0 Å². The third-order valence-corrected chi connectivity index (χ3v) is 6.25. The third-order valence-electron chi connectivity index (χ3n) is 6.25. The molecule has 2 fully saturated rings. The summed E-state index contributed by atoms with van der Waals surface area (Å²) in [7, 11) is 0. The highest BCUT2D eigenvalue weighted by atomic mass is 16.4. The average molecular weight is 455 g/mol. The smallest absolute Gasteiger partial charge is 0.326 e. The standard InChI is InChI=1S/C21H34N4O7/c1-3-12(2)17(21(31)32)24-18(28)13(8-9-16(26)27)23-19(29)15-7-5-11-25(15)20(30)14-6-4-10-22-14/h12-15,17,22H,3-11H2,1-2H3,(H,23,29)(H,24,28)(H,26,27)(H,31,32). The Kier molecular flexibility index (Phi) is 9.42. The molecule has 5 unspecified atom stereocenters. The summed E-state index contributed by atoms with van der Waals surface area (Å²) in [5.41, 5.74) is 0. The number of carboxylic acid groups (broad SMARTS) is 2. The molecule has 0 aromatic heterocycles. The fraction of sp³-hybridized carbons (Fsp3) is 0.762. The number of hydrogen-bond acceptors (Lipinski definition) is 6. The highest BCUT2D eigenvalue weighted by molar-refractivity contribution is 5.94. The molecule has 0 saturated carbocycles. The maximum absolute atomic E-state index is 13.0. The number of carbonyl (C=O) groups excluding carboxylic acids is 3. The first-order chi connectivity index (χ1) is 15.1. The number of rotatable bonds is 11. The summed E-state index contributed by atoms with van der Waals surface area (Å²) in [5, 5.41) is 26.6. The molecule has 2 aliphatic heterocycles. The van der Waals surface area contributed by atoms with Gasteiger partial charge in [0.2, 0.25) is 17.7 Å². The van der Waals surface area contributed by atoms with Crippen LogP contribution in [0.2, 0.25) is 0 Å². The Morgan fingerprint density at radius 3 is 2.38 bits per heavy atom. The van der Waals surface area contributed by atoms with Crippen molar-refractivity contribution in [3.63, 3.8) is 0 Å². The Morgan fingerprint density at radius 1 is 1.09 bits per heavy atom. The molecule has 0 aromatic rings. The van der Waals surface area contributed by atoms with Gasteiger partial charge in [-0.1, -0.05) is 20.3 Å². The van der Waals surface area contributed by atoms with E-state index in [1.54, 1.807) is 13.8 Å². The summed E-state index contributed by atoms with van der Waals surface area (Å²) in [6.45, 7) is 4.67. The van der Waals surface area contributed by atoms with Crippen LogP contribution in [0.25, 0.3) is 0 Å². The summed E-state index contributed by atoms with van der Waals surface area (Å²) < 4.78 is 0. The summed E-state index contributed by atoms with van der Waals surface area (Å²) in [4.78, 5) is 62.7. The van der Waals surface area contributed by atoms with Crippen molar-refractivity contribution >= 4 is 29.7 Å². The van der Waals surface area contributed by atoms with Gasteiger partial charge in [-0.05, 0) is 44.6 Å². The first-order valence-electron chi connectivity index (χ1n) is 11.2. The predicted octanol–water partition coefficient (Wildman–Crippen LogP) is -0.305. The number of nitrogens with one attached hydrogen (secondary N) is 3. The van der Waals surface area contributed by atoms with Gasteiger partial charge in [-0.2, -0.15) is 0 Å². The first kappa shape index (κ1) is 25.6. The third kappa shape index (κ3) is 6.65. The summed E-state index contributed by atoms with van der Waals surface area (Å²) in [6.07, 6.45) is 2.64. The van der Waals surface area contributed by atoms with Crippen LogP contribution in [-0.2, 0) is 24.0 Å². The zero-order chi connectivity index (χ0) is 23.8. The lowest BCUT2D eigenvalue weighted by Crippen LogP contribution is -2.57. The highest BCUT2D eigenvalue weighted by Gasteiger charge is 2.39. The Hall–Kier alpha value is -2.69. The molecule has 5 N–H and O–H groups in total. The van der Waals surface area contributed by atoms with Crippen LogP contribution >= 0.6 is 0 Å². The molecule has 2 rings (SSSR count). The zero-order valence-electron chi connectivity index (χ0n) is 18.6. The van der Waals surface area contributed by atoms with Crippen molar-refractivity contribution in [1.29, 1.82) is 0 Å². The summed E-state index contributed by atoms with van der Waals surface area (Å²) in [6, 6.07) is -3.43. The lowest BCUT2D eigenvalue weighted by Gasteiger charge is -2.29. The minimum atomic E-state index is -1.22. The van der Waals surface area contributed by atoms with Gasteiger partial charge in [0.25, 0.3) is 0 Å². The molecule has 0 aromatic carbocycles. The van der Waals surface area contributed by atoms with Crippen molar-refractivity contribution in [2.45, 2.75) is 83.0 Å². The van der Waals surface area contributed by atoms with Gasteiger partial charge in [0.05, 0.1) is 6.04 Å². The summed E-state index contributed by atoms with van der Waals surface area (Å²) >= 11 is 0. The monoisotopic (exact) mass is 454 g/mol. The van der Waals surface area contributed by atoms with Gasteiger partial charge in [0.15, 0.2) is 0 Å². The fourth-order valence-corrected chi connectivity index (χ4v) is 4.14. The van der Waals surface area contributed by atoms with Gasteiger partial charge >= 0.3 is 11.9 Å². The van der Waals surface area contributed by atoms with E-state index in [-0.39, 0.29) is 30.7 Å². The summed E-state index contributed by atoms with van der Waals surface area (Å²) in [5.74, 6) is -4.12. The number of aliphatic carboxylic acids is 2. The van der Waals surface area contributed by atoms with Crippen molar-refractivity contribution in [3.05, 3.63) is 0 Å². The SMILES string of the molecule is CCC(C)C(NC(=O)C(CCC(=O)O)NC(=O)C1CCCN1C(=O)C1CCCN1)C(=O)O. The normalized spacial score (nSPS) is 23.2. The van der Waals surface area contributed by atoms with Gasteiger partial charge in [-0.3, -0.25) is 19.2 Å². The van der Waals surface area contributed by atoms with E-state index < -0.39 is 41.9 Å². The molecule has 0 spiro atoms. The van der Waals surface area contributed by atoms with Crippen molar-refractivity contribution in [1.82, 2.24) is 20.9 Å². The Labute approximate surface area is 187 Å². The molecule has 0 bridgehead atoms. The Balaban J connectivity index is 2.09. The van der Waals surface area contributed by atoms with E-state index >= 15 is 0 Å². The van der Waals surface area contributed by atoms with Crippen LogP contribution in [0.4, 0.5) is 0 Å². The maximum Gasteiger partial charge on any atom is 0.326 e. The topological polar surface area (TPSA) is 165 Å². The van der Waals surface area contributed by atoms with E-state index in [0.717, 1.165) is 13.0 Å². The molecule has 0 aliphatic carbocycles. The lowest BCUT2D eigenvalue weighted by molar-refractivity contribution is -0.145. The van der Waals surface area contributed by atoms with Crippen molar-refractivity contribution in [2.24, 2.45) is 5.92 Å². The minimum absolute atomic E-state index is 0.144. The van der Waals surface area contributed by atoms with Crippen LogP contribution in [-0.4, -0.2) is 82.0 Å². The first-order valence-corrected chi connectivity index (χ1v) is 11.2. The van der Waals surface area contributed by atoms with Crippen LogP contribution in [0.5, 0.6) is 0 Å². The Bertz CT molecular complexity index is 723. The van der Waals surface area contributed by atoms with Gasteiger partial charge in [-0.25, -0.2) is 4.79 Å². The van der Waals surface area contributed by atoms with Gasteiger partial charge in [0, 0.05) is 13.0 Å². The molecule has 11 nitrogen and oxygen atoms in total. The van der Waals surface area contributed by atoms with Crippen molar-refractivity contribution < 1.29 is 34.2 Å². The molecule has 2 aliphatic rings. The second kappa shape index (κ2) is 11.8. The Morgan fingerprint density at radius 2 is 1.81 bits per heavy atom. The largest absolute Gasteiger partial charge is 0.481 e. The minimum Gasteiger partial charge on any atom is -0.481 e. The van der Waals surface area contributed by atoms with Crippen LogP contribution in [0, 0.1) is 5.92 Å². The van der Waals surface area contributed by atoms with Crippen LogP contribution in [0.15, 0.2) is 0 Å². The maximum atomic E-state index is 13.0. The molecule has 5 atom stereocenters. The van der Waals surface area contributed by atoms with Crippen molar-refractivity contribution in [3.8, 4) is 0 Å². The van der Waals surface area contributed by atoms with E-state index in [9.17, 15) is 29.1 Å². The average Bonchev–Trinajstić information content (AvgIpc) is 3.45. The molecule has 3 amide bonds. The molecule has 32 heavy (non-hydrogen) atoms. The van der Waals surface area contributed by atoms with Gasteiger partial charge in [0.1, 0.15) is 18.1 Å². The van der Waals surface area contributed by atoms with E-state index in [0.29, 0.717) is 32.2 Å². The van der Waals surface area contributed by atoms with Gasteiger partial charge < -0.3 is 31.1 Å². The van der Waals surface area contributed by atoms with E-state index in [1.165, 1.54) is 4.90 Å². The number of amides is 3. The second-order valence-electron chi connectivity index (χ2n) is 8.54. The molecule has 2 saturated heterocycles. The molecule has 180 valence electrons. The number of carboxylic acids is 2. The molecule has 2 heterocycles. The highest BCUT2D eigenvalue weighted by Crippen LogP contribution is 2.21. The molecular formula is C21H34N4O7. The molecule has 0 radical (unpaired) electrons. The van der Waals surface area contributed by atoms with Gasteiger partial charge in [-0.15, -0.1) is 0 Å². The molecule has 11 heteroatoms. The van der Waals surface area contributed by atoms with E-state index in [2.05, 4.69) is 16.0 Å². The van der Waals surface area contributed by atoms with Crippen LogP contribution in [0.1, 0.15) is 58.8 Å². The second-order valence-corrected chi connectivity index (χ2v) is 8.54. The quantitative estimate of drug-likeness (QED) is 0.284. The van der Waals surface area contributed by atoms with E-state index in [4.69, 9.17) is 5.11 Å². The van der Waals surface area contributed by atoms with E-state index in [1.807, 2.05) is 0 Å².